The number of hydrogen-bond acceptors (Lipinski definition) is 9. The van der Waals surface area contributed by atoms with Crippen LogP contribution in [0.3, 0.4) is 0 Å². The summed E-state index contributed by atoms with van der Waals surface area (Å²) in [5.41, 5.74) is 2.66. The Morgan fingerprint density at radius 1 is 1.15 bits per heavy atom. The van der Waals surface area contributed by atoms with E-state index in [9.17, 15) is 9.36 Å². The summed E-state index contributed by atoms with van der Waals surface area (Å²) in [6, 6.07) is 11.4. The number of ether oxygens (including phenoxy) is 2. The highest BCUT2D eigenvalue weighted by atomic mass is 35.5. The molecule has 264 valence electrons. The third-order valence-corrected chi connectivity index (χ3v) is 10.1. The first-order valence-corrected chi connectivity index (χ1v) is 19.7. The normalized spacial score (nSPS) is 18.1. The van der Waals surface area contributed by atoms with Gasteiger partial charge in [0.2, 0.25) is 5.91 Å². The van der Waals surface area contributed by atoms with Crippen LogP contribution in [0.5, 0.6) is 5.75 Å². The van der Waals surface area contributed by atoms with Gasteiger partial charge in [-0.1, -0.05) is 63.2 Å². The van der Waals surface area contributed by atoms with Crippen LogP contribution in [0.25, 0.3) is 0 Å². The highest BCUT2D eigenvalue weighted by Gasteiger charge is 2.37. The van der Waals surface area contributed by atoms with Gasteiger partial charge in [0.25, 0.3) is 0 Å². The number of nitrogens with zero attached hydrogens (tertiary/aromatic N) is 2. The molecule has 4 N–H and O–H groups in total. The van der Waals surface area contributed by atoms with Crippen molar-refractivity contribution >= 4 is 47.0 Å². The van der Waals surface area contributed by atoms with Crippen molar-refractivity contribution in [2.75, 3.05) is 83.3 Å². The summed E-state index contributed by atoms with van der Waals surface area (Å²) in [5.74, 6) is 6.63. The summed E-state index contributed by atoms with van der Waals surface area (Å²) >= 11 is 7.03. The van der Waals surface area contributed by atoms with Crippen LogP contribution in [0, 0.1) is 11.8 Å². The van der Waals surface area contributed by atoms with E-state index in [4.69, 9.17) is 21.1 Å². The molecule has 0 aliphatic carbocycles. The van der Waals surface area contributed by atoms with Crippen molar-refractivity contribution in [3.05, 3.63) is 54.6 Å². The Kier molecular flexibility index (Phi) is 16.3. The van der Waals surface area contributed by atoms with Crippen LogP contribution in [0.2, 0.25) is 0 Å². The maximum atomic E-state index is 13.2. The number of alkyl halides is 1. The minimum atomic E-state index is -2.55. The van der Waals surface area contributed by atoms with Gasteiger partial charge in [0.05, 0.1) is 48.7 Å². The van der Waals surface area contributed by atoms with Gasteiger partial charge in [-0.15, -0.1) is 11.6 Å². The molecule has 1 saturated heterocycles. The second-order valence-corrected chi connectivity index (χ2v) is 16.1. The van der Waals surface area contributed by atoms with Gasteiger partial charge in [-0.05, 0) is 51.1 Å². The number of likely N-dealkylation sites (N-methyl/N-ethyl adjacent to an activating group) is 1. The van der Waals surface area contributed by atoms with Gasteiger partial charge in [0, 0.05) is 43.8 Å². The Bertz CT molecular complexity index is 1460. The monoisotopic (exact) mass is 700 g/mol. The van der Waals surface area contributed by atoms with Crippen LogP contribution < -0.4 is 31.3 Å². The lowest BCUT2D eigenvalue weighted by atomic mass is 10.1. The molecule has 3 rings (SSSR count). The molecule has 0 bridgehead atoms. The standard InChI is InChI=1S/C36H54ClN6O4P/c1-8-10-11-12-15-21-43-35(40-29-18-13-14-19-33(29)48(6,7)45)28(37)26-38-36(43)41-31-25-30(39-34(44)9-2)27(24-32(31)47-5)17-16-20-42(3)22-23-46-4/h9,13-14,18-19,24-25,28,35-36,38,40-41H,2,8,10-12,15,20-23,26H2,1,3-7H3,(H,39,44). The van der Waals surface area contributed by atoms with Gasteiger partial charge < -0.3 is 30.0 Å². The number of methoxy groups -OCH3 is 2. The predicted molar refractivity (Wildman–Crippen MR) is 202 cm³/mol. The Hall–Kier alpha value is -3.03. The van der Waals surface area contributed by atoms with Crippen molar-refractivity contribution in [3.8, 4) is 17.6 Å². The largest absolute Gasteiger partial charge is 0.495 e. The molecular weight excluding hydrogens is 647 g/mol. The van der Waals surface area contributed by atoms with Crippen LogP contribution >= 0.6 is 18.7 Å². The molecule has 0 aromatic heterocycles. The average Bonchev–Trinajstić information content (AvgIpc) is 3.06. The SMILES string of the molecule is C=CC(=O)Nc1cc(NC2NCC(Cl)C(Nc3ccccc3P(C)(C)=O)N2CCCCCCC)c(OC)cc1C#CCN(C)CCOC. The molecule has 10 nitrogen and oxygen atoms in total. The summed E-state index contributed by atoms with van der Waals surface area (Å²) in [6.45, 7) is 12.6. The number of halogens is 1. The number of anilines is 3. The second-order valence-electron chi connectivity index (χ2n) is 12.4. The number of unbranched alkanes of at least 4 members (excludes halogenated alkanes) is 4. The zero-order valence-corrected chi connectivity index (χ0v) is 31.1. The minimum Gasteiger partial charge on any atom is -0.495 e. The van der Waals surface area contributed by atoms with E-state index in [-0.39, 0.29) is 23.7 Å². The van der Waals surface area contributed by atoms with E-state index in [1.807, 2.05) is 43.4 Å². The van der Waals surface area contributed by atoms with E-state index in [1.54, 1.807) is 27.5 Å². The predicted octanol–water partition coefficient (Wildman–Crippen LogP) is 5.61. The molecule has 1 heterocycles. The molecule has 2 aromatic rings. The third-order valence-electron chi connectivity index (χ3n) is 8.17. The van der Waals surface area contributed by atoms with Crippen molar-refractivity contribution in [1.82, 2.24) is 15.1 Å². The smallest absolute Gasteiger partial charge is 0.247 e. The third kappa shape index (κ3) is 11.8. The lowest BCUT2D eigenvalue weighted by Crippen LogP contribution is -2.66. The minimum absolute atomic E-state index is 0.268. The fraction of sp³-hybridized carbons (Fsp3) is 0.528. The molecule has 1 aliphatic rings. The van der Waals surface area contributed by atoms with Gasteiger partial charge in [-0.3, -0.25) is 15.0 Å². The number of carbonyl (C=O) groups is 1. The van der Waals surface area contributed by atoms with Gasteiger partial charge >= 0.3 is 0 Å². The second kappa shape index (κ2) is 19.8. The molecule has 1 aliphatic heterocycles. The molecule has 48 heavy (non-hydrogen) atoms. The maximum absolute atomic E-state index is 13.2. The number of benzene rings is 2. The van der Waals surface area contributed by atoms with E-state index >= 15 is 0 Å². The first-order valence-electron chi connectivity index (χ1n) is 16.6. The van der Waals surface area contributed by atoms with Crippen molar-refractivity contribution < 1.29 is 18.8 Å². The number of hydrogen-bond donors (Lipinski definition) is 4. The lowest BCUT2D eigenvalue weighted by molar-refractivity contribution is -0.111. The summed E-state index contributed by atoms with van der Waals surface area (Å²) in [6.07, 6.45) is 6.24. The number of amides is 1. The molecule has 0 saturated carbocycles. The summed E-state index contributed by atoms with van der Waals surface area (Å²) < 4.78 is 24.2. The molecule has 3 atom stereocenters. The van der Waals surface area contributed by atoms with Gasteiger partial charge in [-0.2, -0.15) is 0 Å². The van der Waals surface area contributed by atoms with E-state index in [0.717, 1.165) is 36.9 Å². The molecule has 2 aromatic carbocycles. The molecule has 3 unspecified atom stereocenters. The molecule has 12 heteroatoms. The van der Waals surface area contributed by atoms with E-state index in [1.165, 1.54) is 25.3 Å². The van der Waals surface area contributed by atoms with Gasteiger partial charge in [0.15, 0.2) is 0 Å². The van der Waals surface area contributed by atoms with E-state index < -0.39 is 7.14 Å². The van der Waals surface area contributed by atoms with Crippen molar-refractivity contribution in [2.24, 2.45) is 0 Å². The molecule has 1 amide bonds. The maximum Gasteiger partial charge on any atom is 0.247 e. The van der Waals surface area contributed by atoms with Crippen LogP contribution in [0.4, 0.5) is 17.1 Å². The summed E-state index contributed by atoms with van der Waals surface area (Å²) in [4.78, 5) is 16.8. The van der Waals surface area contributed by atoms with Gasteiger partial charge in [-0.25, -0.2) is 4.90 Å². The fourth-order valence-electron chi connectivity index (χ4n) is 5.51. The number of rotatable bonds is 18. The van der Waals surface area contributed by atoms with E-state index in [2.05, 4.69) is 56.4 Å². The molecule has 0 radical (unpaired) electrons. The Labute approximate surface area is 292 Å². The average molecular weight is 701 g/mol. The zero-order valence-electron chi connectivity index (χ0n) is 29.4. The first-order chi connectivity index (χ1) is 23.0. The Morgan fingerprint density at radius 3 is 2.58 bits per heavy atom. The summed E-state index contributed by atoms with van der Waals surface area (Å²) in [7, 11) is 2.71. The Morgan fingerprint density at radius 2 is 1.90 bits per heavy atom. The lowest BCUT2D eigenvalue weighted by Gasteiger charge is -2.46. The highest BCUT2D eigenvalue weighted by molar-refractivity contribution is 7.70. The zero-order chi connectivity index (χ0) is 35.1. The molecule has 0 spiro atoms. The van der Waals surface area contributed by atoms with Crippen molar-refractivity contribution in [2.45, 2.75) is 56.9 Å². The van der Waals surface area contributed by atoms with Gasteiger partial charge in [0.1, 0.15) is 19.2 Å². The van der Waals surface area contributed by atoms with Crippen molar-refractivity contribution in [1.29, 1.82) is 0 Å². The highest BCUT2D eigenvalue weighted by Crippen LogP contribution is 2.38. The summed E-state index contributed by atoms with van der Waals surface area (Å²) in [5, 5.41) is 14.3. The van der Waals surface area contributed by atoms with Crippen LogP contribution in [-0.2, 0) is 14.1 Å². The fourth-order valence-corrected chi connectivity index (χ4v) is 6.98. The first kappa shape index (κ1) is 39.4. The van der Waals surface area contributed by atoms with Crippen LogP contribution in [-0.4, -0.2) is 101 Å². The quantitative estimate of drug-likeness (QED) is 0.0519. The van der Waals surface area contributed by atoms with Crippen LogP contribution in [0.15, 0.2) is 49.1 Å². The molecular formula is C36H54ClN6O4P. The van der Waals surface area contributed by atoms with Crippen molar-refractivity contribution in [3.63, 3.8) is 0 Å². The topological polar surface area (TPSA) is 107 Å². The number of carbonyl (C=O) groups excluding carboxylic acids is 1. The number of nitrogens with one attached hydrogen (secondary N) is 4. The van der Waals surface area contributed by atoms with E-state index in [0.29, 0.717) is 42.4 Å². The number of para-hydroxylation sites is 1. The molecule has 1 fully saturated rings. The Balaban J connectivity index is 1.98. The van der Waals surface area contributed by atoms with Crippen LogP contribution in [0.1, 0.15) is 44.6 Å².